The maximum atomic E-state index is 11.7. The van der Waals surface area contributed by atoms with Gasteiger partial charge in [-0.3, -0.25) is 4.79 Å². The molecular weight excluding hydrogens is 234 g/mol. The molecule has 0 aliphatic carbocycles. The molecular formula is C12H21N3OS. The van der Waals surface area contributed by atoms with Crippen molar-refractivity contribution in [3.8, 4) is 0 Å². The van der Waals surface area contributed by atoms with Crippen molar-refractivity contribution in [1.29, 1.82) is 0 Å². The minimum atomic E-state index is -0.542. The molecule has 96 valence electrons. The Bertz CT molecular complexity index is 338. The van der Waals surface area contributed by atoms with Crippen molar-refractivity contribution in [2.24, 2.45) is 5.73 Å². The largest absolute Gasteiger partial charge is 0.353 e. The summed E-state index contributed by atoms with van der Waals surface area (Å²) >= 11 is 1.51. The van der Waals surface area contributed by atoms with Crippen molar-refractivity contribution in [2.45, 2.75) is 25.9 Å². The summed E-state index contributed by atoms with van der Waals surface area (Å²) in [7, 11) is 2.04. The molecule has 0 aromatic carbocycles. The molecule has 1 unspecified atom stereocenters. The van der Waals surface area contributed by atoms with Crippen LogP contribution in [0, 0.1) is 0 Å². The summed E-state index contributed by atoms with van der Waals surface area (Å²) in [6.07, 6.45) is 0. The zero-order chi connectivity index (χ0) is 12.8. The zero-order valence-corrected chi connectivity index (χ0v) is 11.5. The molecule has 1 amide bonds. The summed E-state index contributed by atoms with van der Waals surface area (Å²) in [4.78, 5) is 14.8. The minimum absolute atomic E-state index is 0.107. The number of likely N-dealkylation sites (N-methyl/N-ethyl adjacent to an activating group) is 1. The number of nitrogens with one attached hydrogen (secondary N) is 1. The van der Waals surface area contributed by atoms with E-state index in [1.807, 2.05) is 24.6 Å². The van der Waals surface area contributed by atoms with Crippen molar-refractivity contribution >= 4 is 17.2 Å². The lowest BCUT2D eigenvalue weighted by atomic mass is 10.2. The molecule has 17 heavy (non-hydrogen) atoms. The van der Waals surface area contributed by atoms with Crippen LogP contribution in [0.15, 0.2) is 17.5 Å². The van der Waals surface area contributed by atoms with E-state index in [0.29, 0.717) is 12.6 Å². The highest BCUT2D eigenvalue weighted by atomic mass is 32.1. The summed E-state index contributed by atoms with van der Waals surface area (Å²) in [5, 5.41) is 4.78. The van der Waals surface area contributed by atoms with Crippen LogP contribution in [-0.4, -0.2) is 37.0 Å². The number of hydrogen-bond acceptors (Lipinski definition) is 4. The van der Waals surface area contributed by atoms with Crippen molar-refractivity contribution < 1.29 is 4.79 Å². The van der Waals surface area contributed by atoms with Gasteiger partial charge in [-0.15, -0.1) is 11.3 Å². The van der Waals surface area contributed by atoms with Crippen molar-refractivity contribution in [1.82, 2.24) is 10.2 Å². The van der Waals surface area contributed by atoms with E-state index in [9.17, 15) is 4.79 Å². The van der Waals surface area contributed by atoms with Crippen molar-refractivity contribution in [3.63, 3.8) is 0 Å². The molecule has 0 saturated heterocycles. The van der Waals surface area contributed by atoms with Crippen LogP contribution >= 0.6 is 11.3 Å². The molecule has 0 saturated carbocycles. The van der Waals surface area contributed by atoms with Gasteiger partial charge in [0.25, 0.3) is 0 Å². The van der Waals surface area contributed by atoms with Crippen LogP contribution < -0.4 is 11.1 Å². The van der Waals surface area contributed by atoms with Gasteiger partial charge in [0.15, 0.2) is 0 Å². The molecule has 3 N–H and O–H groups in total. The van der Waals surface area contributed by atoms with Gasteiger partial charge in [-0.2, -0.15) is 0 Å². The van der Waals surface area contributed by atoms with Crippen molar-refractivity contribution in [3.05, 3.63) is 22.4 Å². The van der Waals surface area contributed by atoms with E-state index in [-0.39, 0.29) is 5.91 Å². The van der Waals surface area contributed by atoms with Gasteiger partial charge in [0.05, 0.1) is 0 Å². The standard InChI is InChI=1S/C12H21N3OS/c1-9(2)15(3)7-6-14-12(16)11(13)10-5-4-8-17-10/h4-5,8-9,11H,6-7,13H2,1-3H3,(H,14,16). The lowest BCUT2D eigenvalue weighted by Gasteiger charge is -2.21. The first-order valence-electron chi connectivity index (χ1n) is 5.79. The average Bonchev–Trinajstić information content (AvgIpc) is 2.80. The molecule has 0 aliphatic rings. The number of carbonyl (C=O) groups is 1. The molecule has 4 nitrogen and oxygen atoms in total. The predicted octanol–water partition coefficient (Wildman–Crippen LogP) is 1.20. The second kappa shape index (κ2) is 6.74. The summed E-state index contributed by atoms with van der Waals surface area (Å²) in [5.41, 5.74) is 5.84. The monoisotopic (exact) mass is 255 g/mol. The lowest BCUT2D eigenvalue weighted by Crippen LogP contribution is -2.39. The molecule has 1 rings (SSSR count). The normalized spacial score (nSPS) is 13.1. The Hall–Kier alpha value is -0.910. The van der Waals surface area contributed by atoms with Crippen LogP contribution in [0.2, 0.25) is 0 Å². The molecule has 0 bridgehead atoms. The number of nitrogens with zero attached hydrogens (tertiary/aromatic N) is 1. The van der Waals surface area contributed by atoms with E-state index in [4.69, 9.17) is 5.73 Å². The van der Waals surface area contributed by atoms with Crippen LogP contribution in [0.5, 0.6) is 0 Å². The SMILES string of the molecule is CC(C)N(C)CCNC(=O)C(N)c1cccs1. The Morgan fingerprint density at radius 2 is 2.29 bits per heavy atom. The minimum Gasteiger partial charge on any atom is -0.353 e. The zero-order valence-electron chi connectivity index (χ0n) is 10.6. The number of amides is 1. The number of thiophene rings is 1. The Morgan fingerprint density at radius 1 is 1.59 bits per heavy atom. The highest BCUT2D eigenvalue weighted by Crippen LogP contribution is 2.16. The van der Waals surface area contributed by atoms with Crippen LogP contribution in [0.25, 0.3) is 0 Å². The van der Waals surface area contributed by atoms with Crippen molar-refractivity contribution in [2.75, 3.05) is 20.1 Å². The van der Waals surface area contributed by atoms with Crippen LogP contribution in [0.3, 0.4) is 0 Å². The third-order valence-electron chi connectivity index (χ3n) is 2.78. The van der Waals surface area contributed by atoms with Gasteiger partial charge in [0.2, 0.25) is 5.91 Å². The number of carbonyl (C=O) groups excluding carboxylic acids is 1. The quantitative estimate of drug-likeness (QED) is 0.803. The molecule has 1 heterocycles. The second-order valence-electron chi connectivity index (χ2n) is 4.36. The maximum absolute atomic E-state index is 11.7. The molecule has 1 aromatic heterocycles. The maximum Gasteiger partial charge on any atom is 0.242 e. The topological polar surface area (TPSA) is 58.4 Å². The first kappa shape index (κ1) is 14.2. The Labute approximate surface area is 107 Å². The molecule has 0 fully saturated rings. The fourth-order valence-electron chi connectivity index (χ4n) is 1.32. The van der Waals surface area contributed by atoms with Crippen LogP contribution in [0.1, 0.15) is 24.8 Å². The van der Waals surface area contributed by atoms with E-state index in [1.54, 1.807) is 0 Å². The highest BCUT2D eigenvalue weighted by molar-refractivity contribution is 7.10. The fourth-order valence-corrected chi connectivity index (χ4v) is 2.05. The third kappa shape index (κ3) is 4.46. The van der Waals surface area contributed by atoms with Crippen LogP contribution in [-0.2, 0) is 4.79 Å². The van der Waals surface area contributed by atoms with Gasteiger partial charge >= 0.3 is 0 Å². The van der Waals surface area contributed by atoms with E-state index in [2.05, 4.69) is 24.1 Å². The Balaban J connectivity index is 2.30. The molecule has 1 aromatic rings. The summed E-state index contributed by atoms with van der Waals surface area (Å²) in [6.45, 7) is 5.71. The number of hydrogen-bond donors (Lipinski definition) is 2. The molecule has 0 radical (unpaired) electrons. The van der Waals surface area contributed by atoms with Gasteiger partial charge in [-0.25, -0.2) is 0 Å². The summed E-state index contributed by atoms with van der Waals surface area (Å²) in [6, 6.07) is 3.73. The van der Waals surface area contributed by atoms with Gasteiger partial charge in [-0.05, 0) is 32.3 Å². The van der Waals surface area contributed by atoms with E-state index in [1.165, 1.54) is 11.3 Å². The van der Waals surface area contributed by atoms with E-state index >= 15 is 0 Å². The molecule has 1 atom stereocenters. The summed E-state index contributed by atoms with van der Waals surface area (Å²) in [5.74, 6) is -0.107. The third-order valence-corrected chi connectivity index (χ3v) is 3.73. The van der Waals surface area contributed by atoms with E-state index in [0.717, 1.165) is 11.4 Å². The molecule has 0 aliphatic heterocycles. The molecule has 5 heteroatoms. The second-order valence-corrected chi connectivity index (χ2v) is 5.34. The first-order chi connectivity index (χ1) is 8.02. The van der Waals surface area contributed by atoms with Gasteiger partial charge in [0.1, 0.15) is 6.04 Å². The Morgan fingerprint density at radius 3 is 2.82 bits per heavy atom. The van der Waals surface area contributed by atoms with E-state index < -0.39 is 6.04 Å². The number of nitrogens with two attached hydrogens (primary N) is 1. The lowest BCUT2D eigenvalue weighted by molar-refractivity contribution is -0.122. The number of rotatable bonds is 6. The fraction of sp³-hybridized carbons (Fsp3) is 0.583. The average molecular weight is 255 g/mol. The summed E-state index contributed by atoms with van der Waals surface area (Å²) < 4.78 is 0. The van der Waals surface area contributed by atoms with Gasteiger partial charge in [-0.1, -0.05) is 6.07 Å². The van der Waals surface area contributed by atoms with Crippen LogP contribution in [0.4, 0.5) is 0 Å². The first-order valence-corrected chi connectivity index (χ1v) is 6.67. The predicted molar refractivity (Wildman–Crippen MR) is 72.0 cm³/mol. The van der Waals surface area contributed by atoms with Gasteiger partial charge in [0, 0.05) is 24.0 Å². The Kier molecular flexibility index (Phi) is 5.61. The highest BCUT2D eigenvalue weighted by Gasteiger charge is 2.16. The van der Waals surface area contributed by atoms with Gasteiger partial charge < -0.3 is 16.0 Å². The smallest absolute Gasteiger partial charge is 0.242 e. The molecule has 0 spiro atoms.